The Morgan fingerprint density at radius 2 is 1.76 bits per heavy atom. The topological polar surface area (TPSA) is 72.9 Å². The monoisotopic (exact) mass is 289 g/mol. The Balaban J connectivity index is 1.79. The summed E-state index contributed by atoms with van der Waals surface area (Å²) in [5.41, 5.74) is 4.30. The fourth-order valence-corrected chi connectivity index (χ4v) is 2.15. The minimum absolute atomic E-state index is 0.220. The van der Waals surface area contributed by atoms with E-state index in [1.54, 1.807) is 5.01 Å². The van der Waals surface area contributed by atoms with Gasteiger partial charge >= 0.3 is 6.09 Å². The van der Waals surface area contributed by atoms with E-state index in [0.717, 1.165) is 5.56 Å². The molecule has 0 unspecified atom stereocenters. The van der Waals surface area contributed by atoms with Crippen LogP contribution >= 0.6 is 0 Å². The maximum Gasteiger partial charge on any atom is 0.407 e. The Hall–Kier alpha value is -2.34. The molecule has 6 heteroatoms. The highest BCUT2D eigenvalue weighted by molar-refractivity contribution is 5.92. The molecule has 2 rings (SSSR count). The van der Waals surface area contributed by atoms with Gasteiger partial charge in [-0.2, -0.15) is 0 Å². The molecule has 1 fully saturated rings. The average Bonchev–Trinajstić information content (AvgIpc) is 2.48. The predicted molar refractivity (Wildman–Crippen MR) is 78.6 cm³/mol. The molecular weight excluding hydrogens is 270 g/mol. The van der Waals surface area contributed by atoms with Gasteiger partial charge in [0.2, 0.25) is 0 Å². The Morgan fingerprint density at radius 3 is 2.33 bits per heavy atom. The van der Waals surface area contributed by atoms with Crippen LogP contribution in [0, 0.1) is 0 Å². The molecule has 0 saturated carbocycles. The molecule has 0 radical (unpaired) electrons. The third-order valence-electron chi connectivity index (χ3n) is 3.39. The van der Waals surface area contributed by atoms with Crippen LogP contribution in [-0.2, 0) is 11.2 Å². The van der Waals surface area contributed by atoms with Crippen molar-refractivity contribution in [2.24, 2.45) is 0 Å². The summed E-state index contributed by atoms with van der Waals surface area (Å²) in [6.45, 7) is 5.56. The minimum Gasteiger partial charge on any atom is -0.465 e. The smallest absolute Gasteiger partial charge is 0.407 e. The summed E-state index contributed by atoms with van der Waals surface area (Å²) >= 11 is 0. The molecule has 2 N–H and O–H groups in total. The summed E-state index contributed by atoms with van der Waals surface area (Å²) in [5.74, 6) is -0.220. The number of piperazine rings is 1. The lowest BCUT2D eigenvalue weighted by Gasteiger charge is -2.33. The van der Waals surface area contributed by atoms with Gasteiger partial charge in [0.05, 0.1) is 0 Å². The summed E-state index contributed by atoms with van der Waals surface area (Å²) in [6, 6.07) is 9.67. The largest absolute Gasteiger partial charge is 0.465 e. The van der Waals surface area contributed by atoms with E-state index >= 15 is 0 Å². The molecule has 1 aliphatic heterocycles. The summed E-state index contributed by atoms with van der Waals surface area (Å²) in [4.78, 5) is 24.2. The fraction of sp³-hybridized carbons (Fsp3) is 0.333. The van der Waals surface area contributed by atoms with Crippen LogP contribution in [0.15, 0.2) is 42.5 Å². The van der Waals surface area contributed by atoms with E-state index in [9.17, 15) is 9.59 Å². The number of carboxylic acid groups (broad SMARTS) is 1. The van der Waals surface area contributed by atoms with Gasteiger partial charge < -0.3 is 10.0 Å². The molecule has 1 aromatic carbocycles. The maximum absolute atomic E-state index is 12.0. The predicted octanol–water partition coefficient (Wildman–Crippen LogP) is 1.11. The van der Waals surface area contributed by atoms with Gasteiger partial charge in [-0.3, -0.25) is 10.2 Å². The minimum atomic E-state index is -0.922. The summed E-state index contributed by atoms with van der Waals surface area (Å²) < 4.78 is 0. The van der Waals surface area contributed by atoms with Crippen LogP contribution in [0.1, 0.15) is 5.56 Å². The quantitative estimate of drug-likeness (QED) is 0.815. The molecule has 6 nitrogen and oxygen atoms in total. The molecule has 2 amide bonds. The van der Waals surface area contributed by atoms with Crippen molar-refractivity contribution in [3.63, 3.8) is 0 Å². The molecule has 0 aliphatic carbocycles. The van der Waals surface area contributed by atoms with Crippen LogP contribution in [0.5, 0.6) is 0 Å². The van der Waals surface area contributed by atoms with Crippen LogP contribution in [-0.4, -0.2) is 53.2 Å². The van der Waals surface area contributed by atoms with E-state index in [4.69, 9.17) is 5.11 Å². The number of benzene rings is 1. The van der Waals surface area contributed by atoms with Gasteiger partial charge in [-0.25, -0.2) is 9.80 Å². The second-order valence-corrected chi connectivity index (χ2v) is 4.96. The highest BCUT2D eigenvalue weighted by atomic mass is 16.4. The normalized spacial score (nSPS) is 15.5. The maximum atomic E-state index is 12.0. The molecule has 1 aromatic rings. The zero-order valence-electron chi connectivity index (χ0n) is 11.8. The van der Waals surface area contributed by atoms with Crippen molar-refractivity contribution >= 4 is 12.0 Å². The summed E-state index contributed by atoms with van der Waals surface area (Å²) in [6.07, 6.45) is -0.420. The Bertz CT molecular complexity index is 522. The van der Waals surface area contributed by atoms with Gasteiger partial charge in [0.1, 0.15) is 0 Å². The first-order chi connectivity index (χ1) is 10.1. The molecule has 0 spiro atoms. The highest BCUT2D eigenvalue weighted by Crippen LogP contribution is 2.07. The fourth-order valence-electron chi connectivity index (χ4n) is 2.15. The van der Waals surface area contributed by atoms with E-state index in [1.165, 1.54) is 4.90 Å². The number of rotatable bonds is 4. The van der Waals surface area contributed by atoms with E-state index in [2.05, 4.69) is 12.0 Å². The SMILES string of the molecule is C=C(Cc1ccccc1)C(=O)NN1CCN(C(=O)O)CC1. The van der Waals surface area contributed by atoms with Gasteiger partial charge in [-0.05, 0) is 5.56 Å². The van der Waals surface area contributed by atoms with Crippen LogP contribution < -0.4 is 5.43 Å². The Labute approximate surface area is 123 Å². The van der Waals surface area contributed by atoms with Gasteiger partial charge in [-0.15, -0.1) is 0 Å². The summed E-state index contributed by atoms with van der Waals surface area (Å²) in [7, 11) is 0. The standard InChI is InChI=1S/C15H19N3O3/c1-12(11-13-5-3-2-4-6-13)14(19)16-18-9-7-17(8-10-18)15(20)21/h2-6H,1,7-11H2,(H,16,19)(H,20,21). The number of hydrogen-bond acceptors (Lipinski definition) is 3. The molecular formula is C15H19N3O3. The Morgan fingerprint density at radius 1 is 1.14 bits per heavy atom. The molecule has 0 atom stereocenters. The van der Waals surface area contributed by atoms with Crippen LogP contribution in [0.3, 0.4) is 0 Å². The Kier molecular flexibility index (Phi) is 4.94. The lowest BCUT2D eigenvalue weighted by atomic mass is 10.1. The molecule has 1 saturated heterocycles. The van der Waals surface area contributed by atoms with Crippen molar-refractivity contribution in [3.8, 4) is 0 Å². The molecule has 0 bridgehead atoms. The lowest BCUT2D eigenvalue weighted by Crippen LogP contribution is -2.54. The molecule has 1 aliphatic rings. The number of carbonyl (C=O) groups is 2. The summed E-state index contributed by atoms with van der Waals surface area (Å²) in [5, 5.41) is 10.6. The number of nitrogens with zero attached hydrogens (tertiary/aromatic N) is 2. The first kappa shape index (κ1) is 15.1. The molecule has 0 aromatic heterocycles. The number of hydrazine groups is 1. The number of nitrogens with one attached hydrogen (secondary N) is 1. The zero-order valence-corrected chi connectivity index (χ0v) is 11.8. The second-order valence-electron chi connectivity index (χ2n) is 4.96. The first-order valence-electron chi connectivity index (χ1n) is 6.82. The van der Waals surface area contributed by atoms with Crippen molar-refractivity contribution < 1.29 is 14.7 Å². The van der Waals surface area contributed by atoms with E-state index in [1.807, 2.05) is 30.3 Å². The molecule has 1 heterocycles. The van der Waals surface area contributed by atoms with Crippen LogP contribution in [0.4, 0.5) is 4.79 Å². The van der Waals surface area contributed by atoms with E-state index in [0.29, 0.717) is 38.2 Å². The highest BCUT2D eigenvalue weighted by Gasteiger charge is 2.21. The second kappa shape index (κ2) is 6.90. The lowest BCUT2D eigenvalue weighted by molar-refractivity contribution is -0.122. The van der Waals surface area contributed by atoms with Crippen molar-refractivity contribution in [2.75, 3.05) is 26.2 Å². The van der Waals surface area contributed by atoms with Crippen molar-refractivity contribution in [1.29, 1.82) is 0 Å². The number of carbonyl (C=O) groups excluding carboxylic acids is 1. The van der Waals surface area contributed by atoms with Crippen molar-refractivity contribution in [2.45, 2.75) is 6.42 Å². The van der Waals surface area contributed by atoms with Gasteiger partial charge in [-0.1, -0.05) is 36.9 Å². The van der Waals surface area contributed by atoms with Gasteiger partial charge in [0.25, 0.3) is 5.91 Å². The number of amides is 2. The van der Waals surface area contributed by atoms with E-state index < -0.39 is 6.09 Å². The van der Waals surface area contributed by atoms with Gasteiger partial charge in [0, 0.05) is 38.2 Å². The van der Waals surface area contributed by atoms with Crippen molar-refractivity contribution in [1.82, 2.24) is 15.3 Å². The number of hydrogen-bond donors (Lipinski definition) is 2. The average molecular weight is 289 g/mol. The molecule has 21 heavy (non-hydrogen) atoms. The van der Waals surface area contributed by atoms with E-state index in [-0.39, 0.29) is 5.91 Å². The van der Waals surface area contributed by atoms with Crippen LogP contribution in [0.2, 0.25) is 0 Å². The zero-order chi connectivity index (χ0) is 15.2. The van der Waals surface area contributed by atoms with Gasteiger partial charge in [0.15, 0.2) is 0 Å². The third kappa shape index (κ3) is 4.32. The third-order valence-corrected chi connectivity index (χ3v) is 3.39. The first-order valence-corrected chi connectivity index (χ1v) is 6.82. The molecule has 112 valence electrons. The van der Waals surface area contributed by atoms with Crippen LogP contribution in [0.25, 0.3) is 0 Å². The van der Waals surface area contributed by atoms with Crippen molar-refractivity contribution in [3.05, 3.63) is 48.0 Å².